The first-order valence-electron chi connectivity index (χ1n) is 6.77. The molecule has 1 saturated carbocycles. The van der Waals surface area contributed by atoms with Gasteiger partial charge in [-0.05, 0) is 25.0 Å². The van der Waals surface area contributed by atoms with Crippen LogP contribution in [0, 0.1) is 0 Å². The summed E-state index contributed by atoms with van der Waals surface area (Å²) in [7, 11) is 0. The van der Waals surface area contributed by atoms with Crippen molar-refractivity contribution in [3.05, 3.63) is 30.1 Å². The molecule has 2 aromatic rings. The van der Waals surface area contributed by atoms with E-state index in [1.165, 1.54) is 17.4 Å². The van der Waals surface area contributed by atoms with Crippen LogP contribution in [0.5, 0.6) is 0 Å². The number of halogens is 3. The van der Waals surface area contributed by atoms with Gasteiger partial charge in [-0.3, -0.25) is 0 Å². The standard InChI is InChI=1S/C14H16F3N3/c15-14(16,17)9-20-12-4-2-1-3-11(12)19-13(20)7-8-18-10-5-6-10/h1-4,10,18H,5-9H2. The molecule has 1 heterocycles. The Balaban J connectivity index is 1.85. The lowest BCUT2D eigenvalue weighted by Gasteiger charge is -2.12. The van der Waals surface area contributed by atoms with Crippen molar-refractivity contribution in [3.63, 3.8) is 0 Å². The number of hydrogen-bond acceptors (Lipinski definition) is 2. The Morgan fingerprint density at radius 1 is 1.25 bits per heavy atom. The molecular formula is C14H16F3N3. The van der Waals surface area contributed by atoms with Crippen LogP contribution in [0.2, 0.25) is 0 Å². The van der Waals surface area contributed by atoms with E-state index >= 15 is 0 Å². The molecule has 0 atom stereocenters. The average molecular weight is 283 g/mol. The monoisotopic (exact) mass is 283 g/mol. The van der Waals surface area contributed by atoms with Crippen LogP contribution in [0.15, 0.2) is 24.3 Å². The van der Waals surface area contributed by atoms with Gasteiger partial charge in [0.25, 0.3) is 0 Å². The van der Waals surface area contributed by atoms with Gasteiger partial charge in [-0.1, -0.05) is 12.1 Å². The molecule has 3 rings (SSSR count). The van der Waals surface area contributed by atoms with Crippen LogP contribution in [0.1, 0.15) is 18.7 Å². The minimum Gasteiger partial charge on any atom is -0.319 e. The number of imidazole rings is 1. The van der Waals surface area contributed by atoms with E-state index in [0.717, 1.165) is 0 Å². The molecule has 1 N–H and O–H groups in total. The Labute approximate surface area is 114 Å². The molecule has 1 aliphatic rings. The predicted molar refractivity (Wildman–Crippen MR) is 70.5 cm³/mol. The Bertz CT molecular complexity index is 599. The zero-order valence-electron chi connectivity index (χ0n) is 11.0. The number of aromatic nitrogens is 2. The summed E-state index contributed by atoms with van der Waals surface area (Å²) in [6.07, 6.45) is -1.39. The first-order valence-corrected chi connectivity index (χ1v) is 6.77. The molecule has 0 amide bonds. The minimum absolute atomic E-state index is 0.497. The van der Waals surface area contributed by atoms with Crippen LogP contribution >= 0.6 is 0 Å². The van der Waals surface area contributed by atoms with E-state index in [1.54, 1.807) is 24.3 Å². The van der Waals surface area contributed by atoms with Crippen molar-refractivity contribution in [1.29, 1.82) is 0 Å². The van der Waals surface area contributed by atoms with Crippen LogP contribution in [0.25, 0.3) is 11.0 Å². The number of benzene rings is 1. The Morgan fingerprint density at radius 3 is 2.70 bits per heavy atom. The SMILES string of the molecule is FC(F)(F)Cn1c(CCNC2CC2)nc2ccccc21. The van der Waals surface area contributed by atoms with Crippen molar-refractivity contribution in [2.75, 3.05) is 6.54 Å². The van der Waals surface area contributed by atoms with Crippen molar-refractivity contribution in [3.8, 4) is 0 Å². The zero-order chi connectivity index (χ0) is 14.2. The fourth-order valence-electron chi connectivity index (χ4n) is 2.35. The van der Waals surface area contributed by atoms with Crippen molar-refractivity contribution in [2.24, 2.45) is 0 Å². The molecule has 1 aliphatic carbocycles. The van der Waals surface area contributed by atoms with Crippen molar-refractivity contribution in [1.82, 2.24) is 14.9 Å². The third-order valence-electron chi connectivity index (χ3n) is 3.43. The van der Waals surface area contributed by atoms with Gasteiger partial charge in [-0.2, -0.15) is 13.2 Å². The van der Waals surface area contributed by atoms with Crippen LogP contribution in [0.4, 0.5) is 13.2 Å². The van der Waals surface area contributed by atoms with E-state index in [9.17, 15) is 13.2 Å². The normalized spacial score (nSPS) is 15.9. The topological polar surface area (TPSA) is 29.9 Å². The maximum atomic E-state index is 12.7. The predicted octanol–water partition coefficient (Wildman–Crippen LogP) is 2.89. The lowest BCUT2D eigenvalue weighted by molar-refractivity contribution is -0.140. The summed E-state index contributed by atoms with van der Waals surface area (Å²) in [4.78, 5) is 4.34. The first-order chi connectivity index (χ1) is 9.53. The van der Waals surface area contributed by atoms with Gasteiger partial charge in [-0.25, -0.2) is 4.98 Å². The highest BCUT2D eigenvalue weighted by atomic mass is 19.4. The molecule has 108 valence electrons. The summed E-state index contributed by atoms with van der Waals surface area (Å²) in [6.45, 7) is -0.307. The summed E-state index contributed by atoms with van der Waals surface area (Å²) in [6, 6.07) is 7.52. The Kier molecular flexibility index (Phi) is 3.41. The smallest absolute Gasteiger partial charge is 0.319 e. The maximum absolute atomic E-state index is 12.7. The van der Waals surface area contributed by atoms with Crippen LogP contribution < -0.4 is 5.32 Å². The van der Waals surface area contributed by atoms with Crippen molar-refractivity contribution < 1.29 is 13.2 Å². The van der Waals surface area contributed by atoms with Crippen molar-refractivity contribution in [2.45, 2.75) is 38.0 Å². The highest BCUT2D eigenvalue weighted by Crippen LogP contribution is 2.24. The van der Waals surface area contributed by atoms with Crippen LogP contribution in [-0.2, 0) is 13.0 Å². The van der Waals surface area contributed by atoms with E-state index in [2.05, 4.69) is 10.3 Å². The van der Waals surface area contributed by atoms with Gasteiger partial charge in [0.2, 0.25) is 0 Å². The first kappa shape index (κ1) is 13.4. The minimum atomic E-state index is -4.23. The summed E-state index contributed by atoms with van der Waals surface area (Å²) in [5.41, 5.74) is 1.17. The van der Waals surface area contributed by atoms with E-state index in [0.29, 0.717) is 35.9 Å². The molecule has 1 aromatic heterocycles. The zero-order valence-corrected chi connectivity index (χ0v) is 11.0. The second kappa shape index (κ2) is 5.09. The summed E-state index contributed by atoms with van der Waals surface area (Å²) in [5, 5.41) is 3.30. The van der Waals surface area contributed by atoms with E-state index in [1.807, 2.05) is 0 Å². The number of fused-ring (bicyclic) bond motifs is 1. The molecule has 0 saturated heterocycles. The maximum Gasteiger partial charge on any atom is 0.406 e. The van der Waals surface area contributed by atoms with E-state index in [-0.39, 0.29) is 0 Å². The number of nitrogens with zero attached hydrogens (tertiary/aromatic N) is 2. The Hall–Kier alpha value is -1.56. The molecule has 0 spiro atoms. The highest BCUT2D eigenvalue weighted by molar-refractivity contribution is 5.75. The Morgan fingerprint density at radius 2 is 2.00 bits per heavy atom. The van der Waals surface area contributed by atoms with Crippen LogP contribution in [0.3, 0.4) is 0 Å². The van der Waals surface area contributed by atoms with Gasteiger partial charge in [0, 0.05) is 19.0 Å². The molecule has 3 nitrogen and oxygen atoms in total. The van der Waals surface area contributed by atoms with E-state index < -0.39 is 12.7 Å². The quantitative estimate of drug-likeness (QED) is 0.914. The summed E-state index contributed by atoms with van der Waals surface area (Å²) < 4.78 is 39.5. The van der Waals surface area contributed by atoms with Crippen LogP contribution in [-0.4, -0.2) is 28.3 Å². The van der Waals surface area contributed by atoms with Gasteiger partial charge in [0.1, 0.15) is 12.4 Å². The fourth-order valence-corrected chi connectivity index (χ4v) is 2.35. The number of rotatable bonds is 5. The molecular weight excluding hydrogens is 267 g/mol. The third kappa shape index (κ3) is 3.12. The molecule has 0 bridgehead atoms. The fraction of sp³-hybridized carbons (Fsp3) is 0.500. The van der Waals surface area contributed by atoms with Gasteiger partial charge in [0.05, 0.1) is 11.0 Å². The number of para-hydroxylation sites is 2. The number of nitrogens with one attached hydrogen (secondary N) is 1. The lowest BCUT2D eigenvalue weighted by Crippen LogP contribution is -2.23. The molecule has 20 heavy (non-hydrogen) atoms. The summed E-state index contributed by atoms with van der Waals surface area (Å²) >= 11 is 0. The number of alkyl halides is 3. The molecule has 6 heteroatoms. The van der Waals surface area contributed by atoms with E-state index in [4.69, 9.17) is 0 Å². The van der Waals surface area contributed by atoms with Gasteiger partial charge in [-0.15, -0.1) is 0 Å². The molecule has 0 aliphatic heterocycles. The second-order valence-corrected chi connectivity index (χ2v) is 5.20. The van der Waals surface area contributed by atoms with Gasteiger partial charge >= 0.3 is 6.18 Å². The molecule has 0 radical (unpaired) electrons. The molecule has 1 fully saturated rings. The molecule has 1 aromatic carbocycles. The second-order valence-electron chi connectivity index (χ2n) is 5.20. The van der Waals surface area contributed by atoms with Gasteiger partial charge in [0.15, 0.2) is 0 Å². The third-order valence-corrected chi connectivity index (χ3v) is 3.43. The van der Waals surface area contributed by atoms with Crippen molar-refractivity contribution >= 4 is 11.0 Å². The lowest BCUT2D eigenvalue weighted by atomic mass is 10.3. The number of hydrogen-bond donors (Lipinski definition) is 1. The molecule has 0 unspecified atom stereocenters. The highest BCUT2D eigenvalue weighted by Gasteiger charge is 2.30. The average Bonchev–Trinajstić information content (AvgIpc) is 3.13. The summed E-state index contributed by atoms with van der Waals surface area (Å²) in [5.74, 6) is 0.497. The largest absolute Gasteiger partial charge is 0.406 e. The van der Waals surface area contributed by atoms with Gasteiger partial charge < -0.3 is 9.88 Å².